The van der Waals surface area contributed by atoms with Crippen molar-refractivity contribution in [1.82, 2.24) is 15.6 Å². The van der Waals surface area contributed by atoms with E-state index in [1.54, 1.807) is 11.3 Å². The van der Waals surface area contributed by atoms with Crippen LogP contribution in [-0.2, 0) is 4.79 Å². The second-order valence-corrected chi connectivity index (χ2v) is 6.82. The van der Waals surface area contributed by atoms with Gasteiger partial charge in [0.25, 0.3) is 0 Å². The molecule has 1 aliphatic rings. The normalized spacial score (nSPS) is 22.0. The van der Waals surface area contributed by atoms with Crippen LogP contribution in [0.4, 0.5) is 0 Å². The molecule has 1 saturated heterocycles. The van der Waals surface area contributed by atoms with Gasteiger partial charge in [-0.3, -0.25) is 4.79 Å². The van der Waals surface area contributed by atoms with E-state index < -0.39 is 6.10 Å². The van der Waals surface area contributed by atoms with Crippen molar-refractivity contribution >= 4 is 17.2 Å². The van der Waals surface area contributed by atoms with Gasteiger partial charge in [0.05, 0.1) is 34.3 Å². The zero-order valence-electron chi connectivity index (χ0n) is 13.2. The SMILES string of the molecule is Cc1ncsc1-c1ccc([C@H](C)NC(=O)[C@@H]2CC(O)CN2)cc1. The predicted octanol–water partition coefficient (Wildman–Crippen LogP) is 2.02. The van der Waals surface area contributed by atoms with Crippen molar-refractivity contribution in [2.75, 3.05) is 6.54 Å². The third-order valence-electron chi connectivity index (χ3n) is 4.20. The number of aliphatic hydroxyl groups excluding tert-OH is 1. The van der Waals surface area contributed by atoms with Gasteiger partial charge in [-0.15, -0.1) is 11.3 Å². The van der Waals surface area contributed by atoms with Crippen molar-refractivity contribution in [1.29, 1.82) is 0 Å². The van der Waals surface area contributed by atoms with Gasteiger partial charge < -0.3 is 15.7 Å². The molecule has 2 heterocycles. The Bertz CT molecular complexity index is 683. The summed E-state index contributed by atoms with van der Waals surface area (Å²) in [7, 11) is 0. The summed E-state index contributed by atoms with van der Waals surface area (Å²) in [6.45, 7) is 4.46. The summed E-state index contributed by atoms with van der Waals surface area (Å²) < 4.78 is 0. The van der Waals surface area contributed by atoms with Crippen LogP contribution in [0, 0.1) is 6.92 Å². The molecule has 3 rings (SSSR count). The maximum Gasteiger partial charge on any atom is 0.237 e. The molecule has 0 bridgehead atoms. The number of aliphatic hydroxyl groups is 1. The van der Waals surface area contributed by atoms with E-state index in [0.717, 1.165) is 16.8 Å². The zero-order valence-corrected chi connectivity index (χ0v) is 14.1. The van der Waals surface area contributed by atoms with E-state index in [1.165, 1.54) is 4.88 Å². The Morgan fingerprint density at radius 3 is 2.74 bits per heavy atom. The highest BCUT2D eigenvalue weighted by Crippen LogP contribution is 2.28. The van der Waals surface area contributed by atoms with Crippen LogP contribution < -0.4 is 10.6 Å². The molecule has 0 aliphatic carbocycles. The molecule has 1 amide bonds. The lowest BCUT2D eigenvalue weighted by atomic mass is 10.0. The molecule has 2 aromatic rings. The van der Waals surface area contributed by atoms with Crippen molar-refractivity contribution < 1.29 is 9.90 Å². The van der Waals surface area contributed by atoms with Gasteiger partial charge in [-0.1, -0.05) is 24.3 Å². The van der Waals surface area contributed by atoms with E-state index in [0.29, 0.717) is 13.0 Å². The Morgan fingerprint density at radius 1 is 1.43 bits per heavy atom. The smallest absolute Gasteiger partial charge is 0.237 e. The molecule has 0 radical (unpaired) electrons. The number of carbonyl (C=O) groups excluding carboxylic acids is 1. The minimum Gasteiger partial charge on any atom is -0.392 e. The summed E-state index contributed by atoms with van der Waals surface area (Å²) in [5, 5.41) is 15.5. The first-order valence-corrected chi connectivity index (χ1v) is 8.65. The van der Waals surface area contributed by atoms with Crippen LogP contribution in [0.15, 0.2) is 29.8 Å². The molecule has 1 aromatic heterocycles. The fraction of sp³-hybridized carbons (Fsp3) is 0.412. The van der Waals surface area contributed by atoms with Gasteiger partial charge >= 0.3 is 0 Å². The van der Waals surface area contributed by atoms with Crippen LogP contribution in [0.1, 0.15) is 30.6 Å². The van der Waals surface area contributed by atoms with Crippen LogP contribution in [0.2, 0.25) is 0 Å². The number of thiazole rings is 1. The Balaban J connectivity index is 1.65. The predicted molar refractivity (Wildman–Crippen MR) is 91.3 cm³/mol. The highest BCUT2D eigenvalue weighted by atomic mass is 32.1. The number of carbonyl (C=O) groups is 1. The number of benzene rings is 1. The Labute approximate surface area is 139 Å². The number of hydrogen-bond acceptors (Lipinski definition) is 5. The lowest BCUT2D eigenvalue weighted by Gasteiger charge is -2.18. The van der Waals surface area contributed by atoms with Gasteiger partial charge in [-0.05, 0) is 31.4 Å². The molecule has 1 fully saturated rings. The number of amides is 1. The third kappa shape index (κ3) is 3.60. The van der Waals surface area contributed by atoms with E-state index in [1.807, 2.05) is 31.5 Å². The van der Waals surface area contributed by atoms with Crippen LogP contribution in [0.3, 0.4) is 0 Å². The molecule has 122 valence electrons. The van der Waals surface area contributed by atoms with Gasteiger partial charge in [0.15, 0.2) is 0 Å². The second kappa shape index (κ2) is 6.78. The summed E-state index contributed by atoms with van der Waals surface area (Å²) in [5.41, 5.74) is 5.09. The monoisotopic (exact) mass is 331 g/mol. The molecular weight excluding hydrogens is 310 g/mol. The standard InChI is InChI=1S/C17H21N3O2S/c1-10(20-17(22)15-7-14(21)8-18-15)12-3-5-13(6-4-12)16-11(2)19-9-23-16/h3-6,9-10,14-15,18,21H,7-8H2,1-2H3,(H,20,22)/t10-,14?,15-/m0/s1. The van der Waals surface area contributed by atoms with Gasteiger partial charge in [0.2, 0.25) is 5.91 Å². The molecule has 1 aromatic carbocycles. The molecule has 0 saturated carbocycles. The number of nitrogens with one attached hydrogen (secondary N) is 2. The van der Waals surface area contributed by atoms with Crippen molar-refractivity contribution in [3.63, 3.8) is 0 Å². The molecule has 1 unspecified atom stereocenters. The Morgan fingerprint density at radius 2 is 2.17 bits per heavy atom. The number of nitrogens with zero attached hydrogens (tertiary/aromatic N) is 1. The number of aromatic nitrogens is 1. The van der Waals surface area contributed by atoms with Crippen LogP contribution in [0.25, 0.3) is 10.4 Å². The minimum atomic E-state index is -0.428. The topological polar surface area (TPSA) is 74.2 Å². The molecular formula is C17H21N3O2S. The molecule has 3 N–H and O–H groups in total. The summed E-state index contributed by atoms with van der Waals surface area (Å²) in [6.07, 6.45) is 0.0466. The van der Waals surface area contributed by atoms with Crippen molar-refractivity contribution in [3.8, 4) is 10.4 Å². The number of aryl methyl sites for hydroxylation is 1. The number of hydrogen-bond donors (Lipinski definition) is 3. The first-order chi connectivity index (χ1) is 11.0. The molecule has 0 spiro atoms. The Hall–Kier alpha value is -1.76. The number of β-amino-alcohol motifs (C(OH)–C–C–N with tert-alkyl or cyclic N) is 1. The van der Waals surface area contributed by atoms with Crippen molar-refractivity contribution in [2.24, 2.45) is 0 Å². The van der Waals surface area contributed by atoms with E-state index in [4.69, 9.17) is 0 Å². The van der Waals surface area contributed by atoms with Crippen LogP contribution in [0.5, 0.6) is 0 Å². The quantitative estimate of drug-likeness (QED) is 0.801. The molecule has 5 nitrogen and oxygen atoms in total. The maximum absolute atomic E-state index is 12.2. The lowest BCUT2D eigenvalue weighted by molar-refractivity contribution is -0.123. The van der Waals surface area contributed by atoms with Crippen molar-refractivity contribution in [2.45, 2.75) is 38.5 Å². The van der Waals surface area contributed by atoms with Gasteiger partial charge in [0, 0.05) is 6.54 Å². The summed E-state index contributed by atoms with van der Waals surface area (Å²) >= 11 is 1.63. The molecule has 3 atom stereocenters. The summed E-state index contributed by atoms with van der Waals surface area (Å²) in [4.78, 5) is 17.6. The average Bonchev–Trinajstić information content (AvgIpc) is 3.16. The average molecular weight is 331 g/mol. The van der Waals surface area contributed by atoms with E-state index in [2.05, 4.69) is 27.8 Å². The number of rotatable bonds is 4. The fourth-order valence-electron chi connectivity index (χ4n) is 2.82. The van der Waals surface area contributed by atoms with Crippen LogP contribution in [-0.4, -0.2) is 34.7 Å². The second-order valence-electron chi connectivity index (χ2n) is 5.97. The highest BCUT2D eigenvalue weighted by molar-refractivity contribution is 7.13. The maximum atomic E-state index is 12.2. The fourth-order valence-corrected chi connectivity index (χ4v) is 3.63. The summed E-state index contributed by atoms with van der Waals surface area (Å²) in [5.74, 6) is -0.0589. The van der Waals surface area contributed by atoms with E-state index in [-0.39, 0.29) is 18.0 Å². The minimum absolute atomic E-state index is 0.0589. The van der Waals surface area contributed by atoms with Gasteiger partial charge in [0.1, 0.15) is 0 Å². The third-order valence-corrected chi connectivity index (χ3v) is 5.18. The first-order valence-electron chi connectivity index (χ1n) is 7.77. The highest BCUT2D eigenvalue weighted by Gasteiger charge is 2.28. The van der Waals surface area contributed by atoms with Gasteiger partial charge in [-0.2, -0.15) is 0 Å². The van der Waals surface area contributed by atoms with Crippen molar-refractivity contribution in [3.05, 3.63) is 41.0 Å². The van der Waals surface area contributed by atoms with E-state index >= 15 is 0 Å². The van der Waals surface area contributed by atoms with Crippen LogP contribution >= 0.6 is 11.3 Å². The first kappa shape index (κ1) is 16.1. The lowest BCUT2D eigenvalue weighted by Crippen LogP contribution is -2.41. The molecule has 1 aliphatic heterocycles. The molecule has 23 heavy (non-hydrogen) atoms. The Kier molecular flexibility index (Phi) is 4.75. The molecule has 6 heteroatoms. The van der Waals surface area contributed by atoms with E-state index in [9.17, 15) is 9.90 Å². The van der Waals surface area contributed by atoms with Gasteiger partial charge in [-0.25, -0.2) is 4.98 Å². The largest absolute Gasteiger partial charge is 0.392 e. The summed E-state index contributed by atoms with van der Waals surface area (Å²) in [6, 6.07) is 7.84. The zero-order chi connectivity index (χ0) is 16.4.